The maximum Gasteiger partial charge on any atom is 0.437 e. The zero-order valence-corrected chi connectivity index (χ0v) is 13.0. The minimum Gasteiger partial charge on any atom is -0.494 e. The number of benzene rings is 1. The summed E-state index contributed by atoms with van der Waals surface area (Å²) in [7, 11) is 0. The summed E-state index contributed by atoms with van der Waals surface area (Å²) in [5.41, 5.74) is -3.44. The number of amides is 2. The molecule has 0 aromatic heterocycles. The Labute approximate surface area is 136 Å². The van der Waals surface area contributed by atoms with Crippen molar-refractivity contribution in [2.24, 2.45) is 5.92 Å². The van der Waals surface area contributed by atoms with Gasteiger partial charge >= 0.3 is 12.2 Å². The van der Waals surface area contributed by atoms with Crippen molar-refractivity contribution in [2.75, 3.05) is 6.61 Å². The Morgan fingerprint density at radius 3 is 2.62 bits per heavy atom. The molecule has 1 aliphatic rings. The molecule has 0 saturated carbocycles. The van der Waals surface area contributed by atoms with Crippen LogP contribution in [-0.2, 0) is 4.79 Å². The number of carbonyl (C=O) groups is 2. The van der Waals surface area contributed by atoms with Crippen LogP contribution < -0.4 is 15.4 Å². The largest absolute Gasteiger partial charge is 0.494 e. The number of rotatable bonds is 4. The highest BCUT2D eigenvalue weighted by atomic mass is 19.4. The molecule has 1 fully saturated rings. The lowest BCUT2D eigenvalue weighted by Gasteiger charge is -2.44. The second-order valence-corrected chi connectivity index (χ2v) is 5.43. The molecule has 1 saturated heterocycles. The van der Waals surface area contributed by atoms with Crippen LogP contribution in [0.25, 0.3) is 0 Å². The topological polar surface area (TPSA) is 87.7 Å². The van der Waals surface area contributed by atoms with Gasteiger partial charge in [0, 0.05) is 0 Å². The quantitative estimate of drug-likeness (QED) is 0.777. The molecule has 1 aromatic carbocycles. The third-order valence-corrected chi connectivity index (χ3v) is 3.77. The number of carbonyl (C=O) groups excluding carboxylic acids is 2. The first-order valence-electron chi connectivity index (χ1n) is 7.21. The van der Waals surface area contributed by atoms with E-state index in [1.165, 1.54) is 23.5 Å². The summed E-state index contributed by atoms with van der Waals surface area (Å²) in [6, 6.07) is 3.41. The fraction of sp³-hybridized carbons (Fsp3) is 0.467. The van der Waals surface area contributed by atoms with Crippen LogP contribution in [-0.4, -0.2) is 35.4 Å². The smallest absolute Gasteiger partial charge is 0.437 e. The Kier molecular flexibility index (Phi) is 4.75. The lowest BCUT2D eigenvalue weighted by Crippen LogP contribution is -2.72. The molecule has 0 spiro atoms. The maximum absolute atomic E-state index is 13.3. The third-order valence-electron chi connectivity index (χ3n) is 3.77. The molecule has 1 heterocycles. The summed E-state index contributed by atoms with van der Waals surface area (Å²) in [4.78, 5) is 23.5. The lowest BCUT2D eigenvalue weighted by atomic mass is 9.79. The van der Waals surface area contributed by atoms with E-state index in [1.807, 2.05) is 0 Å². The van der Waals surface area contributed by atoms with Gasteiger partial charge in [-0.05, 0) is 31.5 Å². The minimum absolute atomic E-state index is 0.221. The molecular weight excluding hydrogens is 329 g/mol. The average Bonchev–Trinajstić information content (AvgIpc) is 2.45. The van der Waals surface area contributed by atoms with Gasteiger partial charge in [0.05, 0.1) is 18.6 Å². The van der Waals surface area contributed by atoms with Crippen LogP contribution in [0.5, 0.6) is 5.75 Å². The molecule has 3 atom stereocenters. The van der Waals surface area contributed by atoms with Crippen LogP contribution in [0.1, 0.15) is 25.5 Å². The summed E-state index contributed by atoms with van der Waals surface area (Å²) in [5, 5.41) is 13.8. The van der Waals surface area contributed by atoms with E-state index in [2.05, 4.69) is 5.32 Å². The van der Waals surface area contributed by atoms with Crippen molar-refractivity contribution in [3.63, 3.8) is 0 Å². The van der Waals surface area contributed by atoms with Crippen LogP contribution in [0.15, 0.2) is 24.3 Å². The number of hydrogen-bond acceptors (Lipinski definition) is 4. The highest BCUT2D eigenvalue weighted by Crippen LogP contribution is 2.43. The summed E-state index contributed by atoms with van der Waals surface area (Å²) >= 11 is 0. The van der Waals surface area contributed by atoms with Gasteiger partial charge in [-0.25, -0.2) is 4.79 Å². The SMILES string of the molecule is CCOc1cccc(C2NC(=O)NC(O)(C(F)(F)F)C2C(C)=O)c1. The molecule has 0 radical (unpaired) electrons. The molecule has 0 bridgehead atoms. The maximum atomic E-state index is 13.3. The number of Topliss-reactive ketones (excluding diaryl/α,β-unsaturated/α-hetero) is 1. The Morgan fingerprint density at radius 1 is 1.42 bits per heavy atom. The van der Waals surface area contributed by atoms with E-state index in [0.717, 1.165) is 6.92 Å². The van der Waals surface area contributed by atoms with Crippen molar-refractivity contribution < 1.29 is 32.6 Å². The molecule has 3 N–H and O–H groups in total. The minimum atomic E-state index is -5.23. The van der Waals surface area contributed by atoms with Crippen LogP contribution in [0.3, 0.4) is 0 Å². The number of hydrogen-bond donors (Lipinski definition) is 3. The number of alkyl halides is 3. The second-order valence-electron chi connectivity index (χ2n) is 5.43. The first kappa shape index (κ1) is 18.1. The van der Waals surface area contributed by atoms with Gasteiger partial charge in [0.2, 0.25) is 5.72 Å². The normalized spacial score (nSPS) is 27.2. The first-order chi connectivity index (χ1) is 11.1. The van der Waals surface area contributed by atoms with E-state index in [4.69, 9.17) is 4.74 Å². The summed E-state index contributed by atoms with van der Waals surface area (Å²) in [5.74, 6) is -2.50. The number of halogens is 3. The van der Waals surface area contributed by atoms with Crippen molar-refractivity contribution in [1.82, 2.24) is 10.6 Å². The molecule has 0 aliphatic carbocycles. The van der Waals surface area contributed by atoms with E-state index in [0.29, 0.717) is 12.4 Å². The molecule has 6 nitrogen and oxygen atoms in total. The lowest BCUT2D eigenvalue weighted by molar-refractivity contribution is -0.290. The number of urea groups is 1. The van der Waals surface area contributed by atoms with Gasteiger partial charge in [-0.15, -0.1) is 0 Å². The van der Waals surface area contributed by atoms with Crippen LogP contribution in [0, 0.1) is 5.92 Å². The van der Waals surface area contributed by atoms with Gasteiger partial charge in [0.1, 0.15) is 11.5 Å². The van der Waals surface area contributed by atoms with Crippen molar-refractivity contribution in [3.05, 3.63) is 29.8 Å². The molecule has 24 heavy (non-hydrogen) atoms. The highest BCUT2D eigenvalue weighted by molar-refractivity contribution is 5.86. The number of nitrogens with one attached hydrogen (secondary N) is 2. The molecule has 2 rings (SSSR count). The first-order valence-corrected chi connectivity index (χ1v) is 7.21. The molecule has 1 aromatic rings. The van der Waals surface area contributed by atoms with Gasteiger partial charge in [0.15, 0.2) is 0 Å². The van der Waals surface area contributed by atoms with Gasteiger partial charge in [-0.3, -0.25) is 4.79 Å². The standard InChI is InChI=1S/C15H17F3N2O4/c1-3-24-10-6-4-5-9(7-10)12-11(8(2)21)14(23,15(16,17)18)20-13(22)19-12/h4-7,11-12,23H,3H2,1-2H3,(H2,19,20,22). The Balaban J connectivity index is 2.52. The van der Waals surface area contributed by atoms with Crippen molar-refractivity contribution >= 4 is 11.8 Å². The molecular formula is C15H17F3N2O4. The Morgan fingerprint density at radius 2 is 2.08 bits per heavy atom. The van der Waals surface area contributed by atoms with Gasteiger partial charge < -0.3 is 20.5 Å². The number of aliphatic hydroxyl groups is 1. The number of ketones is 1. The van der Waals surface area contributed by atoms with Crippen molar-refractivity contribution in [1.29, 1.82) is 0 Å². The van der Waals surface area contributed by atoms with Gasteiger partial charge in [-0.2, -0.15) is 13.2 Å². The monoisotopic (exact) mass is 346 g/mol. The van der Waals surface area contributed by atoms with Gasteiger partial charge in [0.25, 0.3) is 0 Å². The van der Waals surface area contributed by atoms with Crippen LogP contribution in [0.4, 0.5) is 18.0 Å². The van der Waals surface area contributed by atoms with E-state index < -0.39 is 35.7 Å². The Bertz CT molecular complexity index is 650. The van der Waals surface area contributed by atoms with E-state index >= 15 is 0 Å². The van der Waals surface area contributed by atoms with E-state index in [9.17, 15) is 27.9 Å². The predicted molar refractivity (Wildman–Crippen MR) is 77.2 cm³/mol. The van der Waals surface area contributed by atoms with Gasteiger partial charge in [-0.1, -0.05) is 12.1 Å². The molecule has 2 amide bonds. The van der Waals surface area contributed by atoms with Crippen molar-refractivity contribution in [2.45, 2.75) is 31.8 Å². The van der Waals surface area contributed by atoms with Crippen LogP contribution in [0.2, 0.25) is 0 Å². The van der Waals surface area contributed by atoms with Crippen LogP contribution >= 0.6 is 0 Å². The molecule has 9 heteroatoms. The molecule has 3 unspecified atom stereocenters. The highest BCUT2D eigenvalue weighted by Gasteiger charge is 2.65. The van der Waals surface area contributed by atoms with E-state index in [1.54, 1.807) is 13.0 Å². The molecule has 1 aliphatic heterocycles. The van der Waals surface area contributed by atoms with Crippen molar-refractivity contribution in [3.8, 4) is 5.75 Å². The Hall–Kier alpha value is -2.29. The summed E-state index contributed by atoms with van der Waals surface area (Å²) in [6.07, 6.45) is -5.23. The number of ether oxygens (including phenoxy) is 1. The second kappa shape index (κ2) is 6.31. The fourth-order valence-electron chi connectivity index (χ4n) is 2.77. The third kappa shape index (κ3) is 3.16. The average molecular weight is 346 g/mol. The molecule has 132 valence electrons. The zero-order chi connectivity index (χ0) is 18.1. The summed E-state index contributed by atoms with van der Waals surface area (Å²) < 4.78 is 45.3. The van der Waals surface area contributed by atoms with E-state index in [-0.39, 0.29) is 5.56 Å². The fourth-order valence-corrected chi connectivity index (χ4v) is 2.77. The summed E-state index contributed by atoms with van der Waals surface area (Å²) in [6.45, 7) is 3.00. The predicted octanol–water partition coefficient (Wildman–Crippen LogP) is 1.90. The zero-order valence-electron chi connectivity index (χ0n) is 13.0.